The molecule has 1 atom stereocenters. The second-order valence-corrected chi connectivity index (χ2v) is 4.78. The van der Waals surface area contributed by atoms with Gasteiger partial charge in [-0.25, -0.2) is 13.6 Å². The lowest BCUT2D eigenvalue weighted by Gasteiger charge is -2.04. The van der Waals surface area contributed by atoms with Crippen LogP contribution in [0.15, 0.2) is 36.4 Å². The lowest BCUT2D eigenvalue weighted by molar-refractivity contribution is -0.134. The topological polar surface area (TPSA) is 55.4 Å². The van der Waals surface area contributed by atoms with Crippen LogP contribution in [-0.2, 0) is 9.53 Å². The third-order valence-corrected chi connectivity index (χ3v) is 3.24. The molecule has 0 radical (unpaired) electrons. The molecule has 0 spiro atoms. The summed E-state index contributed by atoms with van der Waals surface area (Å²) in [4.78, 5) is 22.6. The first-order valence-electron chi connectivity index (χ1n) is 6.44. The number of hydrogen-bond donors (Lipinski definition) is 1. The molecule has 6 heteroatoms. The van der Waals surface area contributed by atoms with Crippen LogP contribution >= 0.6 is 0 Å². The normalized spacial score (nSPS) is 19.3. The number of benzene rings is 1. The van der Waals surface area contributed by atoms with Gasteiger partial charge in [0.05, 0.1) is 13.0 Å². The van der Waals surface area contributed by atoms with Gasteiger partial charge in [-0.1, -0.05) is 18.2 Å². The quantitative estimate of drug-likeness (QED) is 0.669. The van der Waals surface area contributed by atoms with Gasteiger partial charge in [0.15, 0.2) is 0 Å². The molecule has 0 bridgehead atoms. The molecule has 1 aliphatic rings. The van der Waals surface area contributed by atoms with Crippen molar-refractivity contribution in [2.24, 2.45) is 0 Å². The van der Waals surface area contributed by atoms with Crippen LogP contribution in [0.3, 0.4) is 0 Å². The van der Waals surface area contributed by atoms with Crippen LogP contribution in [0, 0.1) is 0 Å². The molecule has 1 aromatic rings. The molecule has 1 aliphatic carbocycles. The molecule has 4 nitrogen and oxygen atoms in total. The van der Waals surface area contributed by atoms with Crippen molar-refractivity contribution in [2.45, 2.75) is 18.3 Å². The van der Waals surface area contributed by atoms with Crippen molar-refractivity contribution >= 4 is 11.9 Å². The van der Waals surface area contributed by atoms with Crippen molar-refractivity contribution in [3.63, 3.8) is 0 Å². The number of methoxy groups -OCH3 is 1. The number of rotatable bonds is 5. The van der Waals surface area contributed by atoms with Crippen molar-refractivity contribution < 1.29 is 23.1 Å². The highest BCUT2D eigenvalue weighted by Crippen LogP contribution is 2.55. The molecular formula is C15H15F2NO3. The number of nitrogens with one attached hydrogen (secondary N) is 1. The SMILES string of the molecule is COC(=O)/C=C/CNC(=O)c1ccc(C2CC2(F)F)cc1. The van der Waals surface area contributed by atoms with Crippen molar-refractivity contribution in [1.82, 2.24) is 5.32 Å². The van der Waals surface area contributed by atoms with Crippen molar-refractivity contribution in [1.29, 1.82) is 0 Å². The number of esters is 1. The molecule has 21 heavy (non-hydrogen) atoms. The number of amides is 1. The number of ether oxygens (including phenoxy) is 1. The molecule has 1 fully saturated rings. The average molecular weight is 295 g/mol. The average Bonchev–Trinajstić information content (AvgIpc) is 3.12. The Balaban J connectivity index is 1.86. The molecule has 1 saturated carbocycles. The first-order chi connectivity index (χ1) is 9.94. The maximum Gasteiger partial charge on any atom is 0.330 e. The fourth-order valence-corrected chi connectivity index (χ4v) is 1.92. The standard InChI is InChI=1S/C15H15F2NO3/c1-21-13(19)3-2-8-18-14(20)11-6-4-10(5-7-11)12-9-15(12,16)17/h2-7,12H,8-9H2,1H3,(H,18,20)/b3-2+. The van der Waals surface area contributed by atoms with Crippen LogP contribution in [0.1, 0.15) is 28.3 Å². The van der Waals surface area contributed by atoms with Gasteiger partial charge >= 0.3 is 5.97 Å². The minimum Gasteiger partial charge on any atom is -0.466 e. The summed E-state index contributed by atoms with van der Waals surface area (Å²) in [7, 11) is 1.26. The number of alkyl halides is 2. The largest absolute Gasteiger partial charge is 0.466 e. The van der Waals surface area contributed by atoms with Gasteiger partial charge in [-0.3, -0.25) is 4.79 Å². The van der Waals surface area contributed by atoms with Gasteiger partial charge in [0.2, 0.25) is 0 Å². The van der Waals surface area contributed by atoms with Crippen molar-refractivity contribution in [3.05, 3.63) is 47.5 Å². The molecule has 0 saturated heterocycles. The first-order valence-corrected chi connectivity index (χ1v) is 6.44. The number of halogens is 2. The Morgan fingerprint density at radius 3 is 2.52 bits per heavy atom. The Labute approximate surface area is 120 Å². The predicted molar refractivity (Wildman–Crippen MR) is 72.2 cm³/mol. The summed E-state index contributed by atoms with van der Waals surface area (Å²) in [5.41, 5.74) is 0.927. The zero-order valence-corrected chi connectivity index (χ0v) is 11.4. The minimum atomic E-state index is -2.61. The van der Waals surface area contributed by atoms with E-state index in [1.807, 2.05) is 0 Å². The van der Waals surface area contributed by atoms with E-state index in [0.29, 0.717) is 11.1 Å². The molecule has 2 rings (SSSR count). The Morgan fingerprint density at radius 2 is 2.00 bits per heavy atom. The van der Waals surface area contributed by atoms with Gasteiger partial charge in [-0.15, -0.1) is 0 Å². The van der Waals surface area contributed by atoms with Crippen LogP contribution in [0.5, 0.6) is 0 Å². The van der Waals surface area contributed by atoms with E-state index in [0.717, 1.165) is 0 Å². The van der Waals surface area contributed by atoms with E-state index in [4.69, 9.17) is 0 Å². The summed E-state index contributed by atoms with van der Waals surface area (Å²) in [6.45, 7) is 0.177. The third-order valence-electron chi connectivity index (χ3n) is 3.24. The lowest BCUT2D eigenvalue weighted by atomic mass is 10.1. The Morgan fingerprint density at radius 1 is 1.38 bits per heavy atom. The highest BCUT2D eigenvalue weighted by Gasteiger charge is 2.57. The summed E-state index contributed by atoms with van der Waals surface area (Å²) < 4.78 is 30.2. The predicted octanol–water partition coefficient (Wildman–Crippen LogP) is 2.27. The first kappa shape index (κ1) is 15.2. The minimum absolute atomic E-state index is 0.128. The van der Waals surface area contributed by atoms with Gasteiger partial charge in [0, 0.05) is 24.6 Å². The summed E-state index contributed by atoms with van der Waals surface area (Å²) >= 11 is 0. The second kappa shape index (κ2) is 6.03. The molecule has 1 unspecified atom stereocenters. The molecular weight excluding hydrogens is 280 g/mol. The number of hydrogen-bond acceptors (Lipinski definition) is 3. The molecule has 0 heterocycles. The van der Waals surface area contributed by atoms with Gasteiger partial charge in [0.1, 0.15) is 0 Å². The van der Waals surface area contributed by atoms with E-state index in [1.54, 1.807) is 12.1 Å². The van der Waals surface area contributed by atoms with E-state index >= 15 is 0 Å². The Kier molecular flexibility index (Phi) is 4.35. The van der Waals surface area contributed by atoms with Crippen molar-refractivity contribution in [3.8, 4) is 0 Å². The van der Waals surface area contributed by atoms with Gasteiger partial charge in [0.25, 0.3) is 11.8 Å². The molecule has 1 amide bonds. The van der Waals surface area contributed by atoms with E-state index < -0.39 is 17.8 Å². The fourth-order valence-electron chi connectivity index (χ4n) is 1.92. The van der Waals surface area contributed by atoms with E-state index in [9.17, 15) is 18.4 Å². The third kappa shape index (κ3) is 3.87. The fraction of sp³-hybridized carbons (Fsp3) is 0.333. The zero-order chi connectivity index (χ0) is 15.5. The molecule has 0 aliphatic heterocycles. The summed E-state index contributed by atoms with van der Waals surface area (Å²) in [6, 6.07) is 6.13. The zero-order valence-electron chi connectivity index (χ0n) is 11.4. The van der Waals surface area contributed by atoms with E-state index in [2.05, 4.69) is 10.1 Å². The smallest absolute Gasteiger partial charge is 0.330 e. The maximum absolute atomic E-state index is 12.9. The molecule has 0 aromatic heterocycles. The summed E-state index contributed by atoms with van der Waals surface area (Å²) in [6.07, 6.45) is 2.54. The molecule has 1 N–H and O–H groups in total. The van der Waals surface area contributed by atoms with Crippen LogP contribution in [0.4, 0.5) is 8.78 Å². The summed E-state index contributed by atoms with van der Waals surface area (Å²) in [5.74, 6) is -4.17. The van der Waals surface area contributed by atoms with E-state index in [1.165, 1.54) is 31.4 Å². The second-order valence-electron chi connectivity index (χ2n) is 4.78. The Hall–Kier alpha value is -2.24. The van der Waals surface area contributed by atoms with Crippen LogP contribution in [0.25, 0.3) is 0 Å². The molecule has 1 aromatic carbocycles. The number of carbonyl (C=O) groups excluding carboxylic acids is 2. The van der Waals surface area contributed by atoms with E-state index in [-0.39, 0.29) is 18.9 Å². The van der Waals surface area contributed by atoms with Gasteiger partial charge in [-0.05, 0) is 17.7 Å². The maximum atomic E-state index is 12.9. The van der Waals surface area contributed by atoms with Crippen LogP contribution < -0.4 is 5.32 Å². The highest BCUT2D eigenvalue weighted by molar-refractivity contribution is 5.94. The van der Waals surface area contributed by atoms with Crippen molar-refractivity contribution in [2.75, 3.05) is 13.7 Å². The number of carbonyl (C=O) groups is 2. The van der Waals surface area contributed by atoms with Gasteiger partial charge in [-0.2, -0.15) is 0 Å². The monoisotopic (exact) mass is 295 g/mol. The van der Waals surface area contributed by atoms with Crippen LogP contribution in [-0.4, -0.2) is 31.5 Å². The highest BCUT2D eigenvalue weighted by atomic mass is 19.3. The lowest BCUT2D eigenvalue weighted by Crippen LogP contribution is -2.23. The summed E-state index contributed by atoms with van der Waals surface area (Å²) in [5, 5.41) is 2.58. The van der Waals surface area contributed by atoms with Crippen LogP contribution in [0.2, 0.25) is 0 Å². The molecule has 112 valence electrons. The van der Waals surface area contributed by atoms with Gasteiger partial charge < -0.3 is 10.1 Å². The Bertz CT molecular complexity index is 567.